The van der Waals surface area contributed by atoms with Crippen LogP contribution >= 0.6 is 0 Å². The summed E-state index contributed by atoms with van der Waals surface area (Å²) in [7, 11) is 0. The Labute approximate surface area is 216 Å². The third-order valence-corrected chi connectivity index (χ3v) is 7.35. The van der Waals surface area contributed by atoms with Crippen molar-refractivity contribution in [3.63, 3.8) is 0 Å². The van der Waals surface area contributed by atoms with E-state index in [4.69, 9.17) is 15.5 Å². The molecule has 6 rings (SSSR count). The summed E-state index contributed by atoms with van der Waals surface area (Å²) in [5, 5.41) is 10.5. The molecule has 2 atom stereocenters. The molecule has 0 fully saturated rings. The fourth-order valence-electron chi connectivity index (χ4n) is 5.79. The first-order valence-corrected chi connectivity index (χ1v) is 12.5. The van der Waals surface area contributed by atoms with Gasteiger partial charge in [0.2, 0.25) is 0 Å². The molecule has 0 bridgehead atoms. The Kier molecular flexibility index (Phi) is 5.61. The third-order valence-electron chi connectivity index (χ3n) is 7.35. The van der Waals surface area contributed by atoms with Crippen LogP contribution in [0.25, 0.3) is 0 Å². The summed E-state index contributed by atoms with van der Waals surface area (Å²) in [6.45, 7) is 2.40. The van der Waals surface area contributed by atoms with E-state index in [1.165, 1.54) is 0 Å². The highest BCUT2D eigenvalue weighted by Crippen LogP contribution is 2.52. The molecule has 3 aromatic rings. The number of rotatable bonds is 4. The predicted molar refractivity (Wildman–Crippen MR) is 143 cm³/mol. The maximum atomic E-state index is 14.1. The third kappa shape index (κ3) is 3.63. The summed E-state index contributed by atoms with van der Waals surface area (Å²) >= 11 is 0. The molecule has 0 saturated heterocycles. The van der Waals surface area contributed by atoms with Gasteiger partial charge in [0.15, 0.2) is 11.6 Å². The number of anilines is 1. The van der Waals surface area contributed by atoms with Crippen LogP contribution in [0.3, 0.4) is 0 Å². The number of hydrogen-bond acceptors (Lipinski definition) is 6. The molecule has 0 saturated carbocycles. The Hall–Kier alpha value is -4.63. The van der Waals surface area contributed by atoms with E-state index in [0.29, 0.717) is 48.0 Å². The number of aliphatic imine (C=N–C) groups is 1. The number of ketones is 1. The fraction of sp³-hybridized carbons (Fsp3) is 0.194. The van der Waals surface area contributed by atoms with Crippen molar-refractivity contribution in [2.24, 2.45) is 10.7 Å². The number of Topliss-reactive ketones (excluding diaryl/α,β-unsaturated/α-hetero) is 1. The molecule has 0 spiro atoms. The maximum absolute atomic E-state index is 14.1. The second-order valence-electron chi connectivity index (χ2n) is 9.40. The smallest absolute Gasteiger partial charge is 0.162 e. The zero-order valence-corrected chi connectivity index (χ0v) is 20.5. The average Bonchev–Trinajstić information content (AvgIpc) is 2.93. The van der Waals surface area contributed by atoms with Crippen molar-refractivity contribution in [3.05, 3.63) is 118 Å². The SMILES string of the molecule is CCOc1ccccc1[C@@H]1C(C#N)=C2N=C(N)c3ccccc3N2C2=C1C(=O)C[C@@H](c1ccccc1)C2. The normalized spacial score (nSPS) is 20.5. The van der Waals surface area contributed by atoms with E-state index < -0.39 is 5.92 Å². The number of hydrogen-bond donors (Lipinski definition) is 1. The van der Waals surface area contributed by atoms with Crippen molar-refractivity contribution in [2.45, 2.75) is 31.6 Å². The predicted octanol–water partition coefficient (Wildman–Crippen LogP) is 5.54. The lowest BCUT2D eigenvalue weighted by Gasteiger charge is -2.43. The minimum absolute atomic E-state index is 0.0236. The van der Waals surface area contributed by atoms with E-state index in [0.717, 1.165) is 28.1 Å². The van der Waals surface area contributed by atoms with Crippen molar-refractivity contribution < 1.29 is 9.53 Å². The number of amidine groups is 1. The van der Waals surface area contributed by atoms with Gasteiger partial charge in [0.1, 0.15) is 11.6 Å². The quantitative estimate of drug-likeness (QED) is 0.522. The maximum Gasteiger partial charge on any atom is 0.162 e. The Bertz CT molecular complexity index is 1540. The highest BCUT2D eigenvalue weighted by molar-refractivity contribution is 6.08. The van der Waals surface area contributed by atoms with E-state index in [9.17, 15) is 10.1 Å². The van der Waals surface area contributed by atoms with Gasteiger partial charge in [-0.3, -0.25) is 9.69 Å². The molecule has 1 aliphatic carbocycles. The minimum Gasteiger partial charge on any atom is -0.494 e. The molecule has 182 valence electrons. The molecule has 6 nitrogen and oxygen atoms in total. The summed E-state index contributed by atoms with van der Waals surface area (Å²) in [6, 6.07) is 27.9. The van der Waals surface area contributed by atoms with E-state index in [1.54, 1.807) is 0 Å². The van der Waals surface area contributed by atoms with Crippen LogP contribution in [0.1, 0.15) is 48.3 Å². The lowest BCUT2D eigenvalue weighted by atomic mass is 9.71. The Morgan fingerprint density at radius 1 is 1.03 bits per heavy atom. The first-order chi connectivity index (χ1) is 18.1. The monoisotopic (exact) mass is 486 g/mol. The van der Waals surface area contributed by atoms with Crippen molar-refractivity contribution in [1.29, 1.82) is 5.26 Å². The van der Waals surface area contributed by atoms with Gasteiger partial charge in [-0.25, -0.2) is 4.99 Å². The van der Waals surface area contributed by atoms with Crippen LogP contribution in [0, 0.1) is 11.3 Å². The van der Waals surface area contributed by atoms with Crippen LogP contribution in [0.2, 0.25) is 0 Å². The molecule has 2 heterocycles. The molecule has 3 aromatic carbocycles. The molecule has 0 amide bonds. The van der Waals surface area contributed by atoms with Crippen LogP contribution in [-0.4, -0.2) is 18.2 Å². The summed E-state index contributed by atoms with van der Waals surface area (Å²) in [5.41, 5.74) is 11.9. The van der Waals surface area contributed by atoms with Crippen LogP contribution in [-0.2, 0) is 4.79 Å². The van der Waals surface area contributed by atoms with Crippen molar-refractivity contribution in [1.82, 2.24) is 0 Å². The van der Waals surface area contributed by atoms with Gasteiger partial charge in [-0.05, 0) is 43.0 Å². The van der Waals surface area contributed by atoms with E-state index in [-0.39, 0.29) is 11.7 Å². The van der Waals surface area contributed by atoms with Crippen LogP contribution in [0.15, 0.2) is 107 Å². The molecule has 37 heavy (non-hydrogen) atoms. The highest BCUT2D eigenvalue weighted by atomic mass is 16.5. The topological polar surface area (TPSA) is 91.7 Å². The van der Waals surface area contributed by atoms with Crippen LogP contribution in [0.4, 0.5) is 5.69 Å². The summed E-state index contributed by atoms with van der Waals surface area (Å²) < 4.78 is 5.96. The second kappa shape index (κ2) is 9.11. The van der Waals surface area contributed by atoms with Gasteiger partial charge >= 0.3 is 0 Å². The van der Waals surface area contributed by atoms with E-state index >= 15 is 0 Å². The number of nitriles is 1. The Morgan fingerprint density at radius 3 is 2.54 bits per heavy atom. The minimum atomic E-state index is -0.583. The van der Waals surface area contributed by atoms with Gasteiger partial charge < -0.3 is 10.5 Å². The lowest BCUT2D eigenvalue weighted by molar-refractivity contribution is -0.116. The van der Waals surface area contributed by atoms with Gasteiger partial charge in [0.05, 0.1) is 29.9 Å². The number of nitrogens with two attached hydrogens (primary N) is 1. The standard InChI is InChI=1S/C31H26N4O2/c1-2-37-27-15-9-7-13-22(27)28-23(18-32)31-34-30(33)21-12-6-8-14-24(21)35(31)25-16-20(17-26(36)29(25)28)19-10-4-3-5-11-19/h3-15,20,28H,2,16-17H2,1H3,(H2,33,34)/t20-,28+/m0/s1. The molecule has 0 aromatic heterocycles. The van der Waals surface area contributed by atoms with E-state index in [2.05, 4.69) is 18.2 Å². The molecule has 3 aliphatic rings. The molecule has 0 radical (unpaired) electrons. The second-order valence-corrected chi connectivity index (χ2v) is 9.40. The molecule has 2 N–H and O–H groups in total. The summed E-state index contributed by atoms with van der Waals surface area (Å²) in [4.78, 5) is 20.8. The molecule has 2 aliphatic heterocycles. The van der Waals surface area contributed by atoms with Gasteiger partial charge in [-0.15, -0.1) is 0 Å². The highest BCUT2D eigenvalue weighted by Gasteiger charge is 2.45. The number of benzene rings is 3. The summed E-state index contributed by atoms with van der Waals surface area (Å²) in [5.74, 6) is 0.982. The van der Waals surface area contributed by atoms with Gasteiger partial charge in [0.25, 0.3) is 0 Å². The molecule has 0 unspecified atom stereocenters. The van der Waals surface area contributed by atoms with Crippen molar-refractivity contribution >= 4 is 17.3 Å². The molecular formula is C31H26N4O2. The van der Waals surface area contributed by atoms with E-state index in [1.807, 2.05) is 78.6 Å². The number of carbonyl (C=O) groups excluding carboxylic acids is 1. The largest absolute Gasteiger partial charge is 0.494 e. The number of nitrogens with zero attached hydrogens (tertiary/aromatic N) is 3. The number of fused-ring (bicyclic) bond motifs is 4. The summed E-state index contributed by atoms with van der Waals surface area (Å²) in [6.07, 6.45) is 1.02. The number of allylic oxidation sites excluding steroid dienone is 3. The fourth-order valence-corrected chi connectivity index (χ4v) is 5.79. The molecule has 6 heteroatoms. The first-order valence-electron chi connectivity index (χ1n) is 12.5. The Balaban J connectivity index is 1.63. The molecular weight excluding hydrogens is 460 g/mol. The van der Waals surface area contributed by atoms with Gasteiger partial charge in [-0.1, -0.05) is 60.7 Å². The number of para-hydroxylation sites is 2. The van der Waals surface area contributed by atoms with Gasteiger partial charge in [0, 0.05) is 28.8 Å². The lowest BCUT2D eigenvalue weighted by Crippen LogP contribution is -2.40. The first kappa shape index (κ1) is 22.8. The number of carbonyl (C=O) groups is 1. The van der Waals surface area contributed by atoms with Crippen molar-refractivity contribution in [3.8, 4) is 11.8 Å². The zero-order valence-electron chi connectivity index (χ0n) is 20.5. The van der Waals surface area contributed by atoms with Crippen LogP contribution < -0.4 is 15.4 Å². The van der Waals surface area contributed by atoms with Gasteiger partial charge in [-0.2, -0.15) is 5.26 Å². The average molecular weight is 487 g/mol. The zero-order chi connectivity index (χ0) is 25.5. The van der Waals surface area contributed by atoms with Crippen LogP contribution in [0.5, 0.6) is 5.75 Å². The number of ether oxygens (including phenoxy) is 1. The van der Waals surface area contributed by atoms with Crippen molar-refractivity contribution in [2.75, 3.05) is 11.5 Å². The Morgan fingerprint density at radius 2 is 1.76 bits per heavy atom.